The number of rotatable bonds is 5. The van der Waals surface area contributed by atoms with Crippen molar-refractivity contribution in [1.29, 1.82) is 0 Å². The second-order valence-electron chi connectivity index (χ2n) is 4.57. The van der Waals surface area contributed by atoms with Crippen molar-refractivity contribution in [2.24, 2.45) is 0 Å². The molecule has 0 spiro atoms. The molecule has 0 aromatic heterocycles. The van der Waals surface area contributed by atoms with Gasteiger partial charge in [0.2, 0.25) is 0 Å². The number of epoxide rings is 1. The lowest BCUT2D eigenvalue weighted by molar-refractivity contribution is -0.137. The van der Waals surface area contributed by atoms with Crippen LogP contribution in [0, 0.1) is 0 Å². The predicted octanol–water partition coefficient (Wildman–Crippen LogP) is 1.83. The number of carbonyl (C=O) groups is 1. The number of hydrogen-bond donors (Lipinski definition) is 0. The number of fused-ring (bicyclic) bond motifs is 1. The fourth-order valence-electron chi connectivity index (χ4n) is 2.30. The van der Waals surface area contributed by atoms with E-state index in [-0.39, 0.29) is 30.4 Å². The van der Waals surface area contributed by atoms with Crippen LogP contribution in [-0.2, 0) is 19.0 Å². The lowest BCUT2D eigenvalue weighted by Crippen LogP contribution is -2.31. The van der Waals surface area contributed by atoms with Gasteiger partial charge in [0.15, 0.2) is 0 Å². The molecule has 0 N–H and O–H groups in total. The lowest BCUT2D eigenvalue weighted by atomic mass is 9.96. The predicted molar refractivity (Wildman–Crippen MR) is 62.6 cm³/mol. The molecular formula is C13H20O4. The molecule has 0 amide bonds. The Bertz CT molecular complexity index is 319. The highest BCUT2D eigenvalue weighted by Gasteiger charge is 2.49. The summed E-state index contributed by atoms with van der Waals surface area (Å²) < 4.78 is 16.2. The summed E-state index contributed by atoms with van der Waals surface area (Å²) in [5.74, 6) is -0.267. The first-order valence-corrected chi connectivity index (χ1v) is 6.29. The Kier molecular flexibility index (Phi) is 3.84. The van der Waals surface area contributed by atoms with Crippen molar-refractivity contribution >= 4 is 5.97 Å². The zero-order valence-electron chi connectivity index (χ0n) is 10.6. The maximum Gasteiger partial charge on any atom is 0.333 e. The Morgan fingerprint density at radius 2 is 2.24 bits per heavy atom. The van der Waals surface area contributed by atoms with Crippen LogP contribution in [0.5, 0.6) is 0 Å². The van der Waals surface area contributed by atoms with Gasteiger partial charge in [-0.25, -0.2) is 4.79 Å². The van der Waals surface area contributed by atoms with Crippen molar-refractivity contribution in [3.63, 3.8) is 0 Å². The highest BCUT2D eigenvalue weighted by atomic mass is 16.6. The summed E-state index contributed by atoms with van der Waals surface area (Å²) in [4.78, 5) is 11.5. The molecule has 1 fully saturated rings. The molecule has 0 aromatic rings. The molecule has 0 unspecified atom stereocenters. The van der Waals surface area contributed by atoms with Gasteiger partial charge in [-0.3, -0.25) is 0 Å². The number of esters is 1. The normalized spacial score (nSPS) is 30.8. The smallest absolute Gasteiger partial charge is 0.333 e. The third kappa shape index (κ3) is 2.69. The minimum absolute atomic E-state index is 0.00370. The van der Waals surface area contributed by atoms with Crippen LogP contribution in [-0.4, -0.2) is 37.5 Å². The molecule has 17 heavy (non-hydrogen) atoms. The van der Waals surface area contributed by atoms with Gasteiger partial charge < -0.3 is 14.2 Å². The first-order valence-electron chi connectivity index (χ1n) is 6.29. The van der Waals surface area contributed by atoms with Crippen molar-refractivity contribution < 1.29 is 19.0 Å². The Labute approximate surface area is 102 Å². The molecule has 0 bridgehead atoms. The molecule has 2 aliphatic rings. The standard InChI is InChI=1S/C13H20O4/c1-4-9(5-2)16-10-6-8(13(14)15-3)7-11-12(10)17-11/h7,9-12H,4-6H2,1-3H3/t10-,11+,12-/m1/s1. The molecule has 3 atom stereocenters. The maximum absolute atomic E-state index is 11.5. The van der Waals surface area contributed by atoms with Gasteiger partial charge in [-0.1, -0.05) is 13.8 Å². The fraction of sp³-hybridized carbons (Fsp3) is 0.769. The van der Waals surface area contributed by atoms with E-state index < -0.39 is 0 Å². The lowest BCUT2D eigenvalue weighted by Gasteiger charge is -2.24. The summed E-state index contributed by atoms with van der Waals surface area (Å²) in [6.07, 6.45) is 4.89. The van der Waals surface area contributed by atoms with Crippen LogP contribution in [0.15, 0.2) is 11.6 Å². The summed E-state index contributed by atoms with van der Waals surface area (Å²) in [5, 5.41) is 0. The van der Waals surface area contributed by atoms with Gasteiger partial charge in [0.1, 0.15) is 12.2 Å². The van der Waals surface area contributed by atoms with Crippen LogP contribution in [0.2, 0.25) is 0 Å². The average Bonchev–Trinajstić information content (AvgIpc) is 3.13. The summed E-state index contributed by atoms with van der Waals surface area (Å²) in [7, 11) is 1.40. The minimum Gasteiger partial charge on any atom is -0.466 e. The number of ether oxygens (including phenoxy) is 3. The van der Waals surface area contributed by atoms with Gasteiger partial charge >= 0.3 is 5.97 Å². The van der Waals surface area contributed by atoms with Gasteiger partial charge in [0.05, 0.1) is 19.3 Å². The Balaban J connectivity index is 1.98. The summed E-state index contributed by atoms with van der Waals surface area (Å²) in [6, 6.07) is 0. The molecule has 0 radical (unpaired) electrons. The van der Waals surface area contributed by atoms with E-state index in [1.807, 2.05) is 6.08 Å². The monoisotopic (exact) mass is 240 g/mol. The summed E-state index contributed by atoms with van der Waals surface area (Å²) >= 11 is 0. The Hall–Kier alpha value is -0.870. The van der Waals surface area contributed by atoms with Gasteiger partial charge in [-0.2, -0.15) is 0 Å². The van der Waals surface area contributed by atoms with Crippen LogP contribution in [0.1, 0.15) is 33.1 Å². The number of carbonyl (C=O) groups excluding carboxylic acids is 1. The van der Waals surface area contributed by atoms with Crippen LogP contribution >= 0.6 is 0 Å². The maximum atomic E-state index is 11.5. The van der Waals surface area contributed by atoms with Gasteiger partial charge in [0.25, 0.3) is 0 Å². The number of methoxy groups -OCH3 is 1. The molecule has 4 heteroatoms. The largest absolute Gasteiger partial charge is 0.466 e. The average molecular weight is 240 g/mol. The van der Waals surface area contributed by atoms with Crippen molar-refractivity contribution in [3.8, 4) is 0 Å². The number of hydrogen-bond acceptors (Lipinski definition) is 4. The molecule has 0 saturated carbocycles. The SMILES string of the molecule is CCC(CC)O[C@@H]1CC(C(=O)OC)=C[C@@H]2O[C@@H]21. The zero-order valence-corrected chi connectivity index (χ0v) is 10.6. The molecule has 4 nitrogen and oxygen atoms in total. The van der Waals surface area contributed by atoms with E-state index in [9.17, 15) is 4.79 Å². The third-order valence-corrected chi connectivity index (χ3v) is 3.44. The molecule has 1 heterocycles. The van der Waals surface area contributed by atoms with E-state index >= 15 is 0 Å². The van der Waals surface area contributed by atoms with Crippen molar-refractivity contribution in [2.75, 3.05) is 7.11 Å². The van der Waals surface area contributed by atoms with E-state index in [1.54, 1.807) is 0 Å². The summed E-state index contributed by atoms with van der Waals surface area (Å²) in [6.45, 7) is 4.22. The van der Waals surface area contributed by atoms with Crippen LogP contribution in [0.3, 0.4) is 0 Å². The highest BCUT2D eigenvalue weighted by molar-refractivity contribution is 5.89. The topological polar surface area (TPSA) is 48.1 Å². The van der Waals surface area contributed by atoms with Gasteiger partial charge in [0, 0.05) is 12.0 Å². The van der Waals surface area contributed by atoms with E-state index in [2.05, 4.69) is 13.8 Å². The van der Waals surface area contributed by atoms with Gasteiger partial charge in [-0.15, -0.1) is 0 Å². The molecule has 1 aliphatic carbocycles. The van der Waals surface area contributed by atoms with Crippen molar-refractivity contribution in [2.45, 2.75) is 57.5 Å². The molecule has 2 rings (SSSR count). The molecular weight excluding hydrogens is 220 g/mol. The van der Waals surface area contributed by atoms with Crippen molar-refractivity contribution in [1.82, 2.24) is 0 Å². The van der Waals surface area contributed by atoms with E-state index in [1.165, 1.54) is 7.11 Å². The molecule has 1 aliphatic heterocycles. The second-order valence-corrected chi connectivity index (χ2v) is 4.57. The Morgan fingerprint density at radius 3 is 2.82 bits per heavy atom. The second kappa shape index (κ2) is 5.19. The molecule has 1 saturated heterocycles. The minimum atomic E-state index is -0.267. The van der Waals surface area contributed by atoms with Crippen LogP contribution in [0.4, 0.5) is 0 Å². The zero-order chi connectivity index (χ0) is 12.4. The van der Waals surface area contributed by atoms with E-state index in [0.29, 0.717) is 12.0 Å². The van der Waals surface area contributed by atoms with Crippen molar-refractivity contribution in [3.05, 3.63) is 11.6 Å². The molecule has 0 aromatic carbocycles. The van der Waals surface area contributed by atoms with E-state index in [0.717, 1.165) is 12.8 Å². The Morgan fingerprint density at radius 1 is 1.53 bits per heavy atom. The first-order chi connectivity index (χ1) is 8.19. The van der Waals surface area contributed by atoms with E-state index in [4.69, 9.17) is 14.2 Å². The highest BCUT2D eigenvalue weighted by Crippen LogP contribution is 2.38. The quantitative estimate of drug-likeness (QED) is 0.543. The van der Waals surface area contributed by atoms with Crippen LogP contribution < -0.4 is 0 Å². The van der Waals surface area contributed by atoms with Gasteiger partial charge in [-0.05, 0) is 18.9 Å². The first kappa shape index (κ1) is 12.6. The molecule has 96 valence electrons. The van der Waals surface area contributed by atoms with Crippen LogP contribution in [0.25, 0.3) is 0 Å². The third-order valence-electron chi connectivity index (χ3n) is 3.44. The fourth-order valence-corrected chi connectivity index (χ4v) is 2.30. The summed E-state index contributed by atoms with van der Waals surface area (Å²) in [5.41, 5.74) is 0.683.